The zero-order chi connectivity index (χ0) is 17.9. The van der Waals surface area contributed by atoms with E-state index in [0.717, 1.165) is 31.9 Å². The molecule has 0 saturated carbocycles. The maximum absolute atomic E-state index is 12.3. The topological polar surface area (TPSA) is 52.6 Å². The molecule has 0 amide bonds. The van der Waals surface area contributed by atoms with Crippen LogP contribution in [-0.4, -0.2) is 46.5 Å². The summed E-state index contributed by atoms with van der Waals surface area (Å²) < 4.78 is 27.3. The van der Waals surface area contributed by atoms with Crippen molar-refractivity contribution < 1.29 is 8.42 Å². The fourth-order valence-electron chi connectivity index (χ4n) is 2.87. The van der Waals surface area contributed by atoms with Gasteiger partial charge in [-0.1, -0.05) is 23.7 Å². The standard InChI is InChI=1S/C18H22ClN3O2S/c1-21-9-11-22(12-10-21)18-7-5-17(6-8-18)20-25(23,24)14-15-3-2-4-16(19)13-15/h2-8,13,20H,9-12,14H2,1H3. The van der Waals surface area contributed by atoms with E-state index in [4.69, 9.17) is 11.6 Å². The molecule has 1 aliphatic heterocycles. The molecule has 2 aromatic rings. The van der Waals surface area contributed by atoms with Crippen LogP contribution in [0.2, 0.25) is 5.02 Å². The highest BCUT2D eigenvalue weighted by molar-refractivity contribution is 7.91. The molecule has 134 valence electrons. The molecular weight excluding hydrogens is 358 g/mol. The van der Waals surface area contributed by atoms with Gasteiger partial charge in [-0.15, -0.1) is 0 Å². The van der Waals surface area contributed by atoms with E-state index in [2.05, 4.69) is 21.6 Å². The number of nitrogens with one attached hydrogen (secondary N) is 1. The van der Waals surface area contributed by atoms with E-state index in [0.29, 0.717) is 16.3 Å². The number of hydrogen-bond acceptors (Lipinski definition) is 4. The van der Waals surface area contributed by atoms with Gasteiger partial charge >= 0.3 is 0 Å². The van der Waals surface area contributed by atoms with Gasteiger partial charge in [-0.3, -0.25) is 4.72 Å². The third-order valence-corrected chi connectivity index (χ3v) is 5.75. The predicted molar refractivity (Wildman–Crippen MR) is 104 cm³/mol. The lowest BCUT2D eigenvalue weighted by Crippen LogP contribution is -2.44. The van der Waals surface area contributed by atoms with Crippen molar-refractivity contribution in [3.63, 3.8) is 0 Å². The summed E-state index contributed by atoms with van der Waals surface area (Å²) in [5.41, 5.74) is 2.35. The summed E-state index contributed by atoms with van der Waals surface area (Å²) in [6, 6.07) is 14.4. The van der Waals surface area contributed by atoms with E-state index in [9.17, 15) is 8.42 Å². The van der Waals surface area contributed by atoms with Crippen LogP contribution in [0.25, 0.3) is 0 Å². The first-order valence-electron chi connectivity index (χ1n) is 8.20. The average Bonchev–Trinajstić information content (AvgIpc) is 2.55. The summed E-state index contributed by atoms with van der Waals surface area (Å²) in [7, 11) is -1.36. The summed E-state index contributed by atoms with van der Waals surface area (Å²) >= 11 is 5.91. The van der Waals surface area contributed by atoms with E-state index in [1.54, 1.807) is 24.3 Å². The van der Waals surface area contributed by atoms with E-state index in [1.165, 1.54) is 0 Å². The highest BCUT2D eigenvalue weighted by atomic mass is 35.5. The van der Waals surface area contributed by atoms with Crippen LogP contribution >= 0.6 is 11.6 Å². The van der Waals surface area contributed by atoms with Crippen LogP contribution in [0.4, 0.5) is 11.4 Å². The second-order valence-corrected chi connectivity index (χ2v) is 8.49. The smallest absolute Gasteiger partial charge is 0.236 e. The minimum atomic E-state index is -3.48. The van der Waals surface area contributed by atoms with Crippen LogP contribution in [0.5, 0.6) is 0 Å². The quantitative estimate of drug-likeness (QED) is 0.867. The molecule has 0 spiro atoms. The number of anilines is 2. The molecule has 3 rings (SSSR count). The average molecular weight is 380 g/mol. The number of halogens is 1. The Labute approximate surface area is 154 Å². The van der Waals surface area contributed by atoms with Crippen molar-refractivity contribution in [1.82, 2.24) is 4.90 Å². The predicted octanol–water partition coefficient (Wildman–Crippen LogP) is 3.03. The van der Waals surface area contributed by atoms with E-state index in [-0.39, 0.29) is 5.75 Å². The number of hydrogen-bond donors (Lipinski definition) is 1. The number of benzene rings is 2. The van der Waals surface area contributed by atoms with Gasteiger partial charge in [0.15, 0.2) is 0 Å². The minimum Gasteiger partial charge on any atom is -0.369 e. The molecule has 0 bridgehead atoms. The summed E-state index contributed by atoms with van der Waals surface area (Å²) in [6.45, 7) is 4.04. The third-order valence-electron chi connectivity index (χ3n) is 4.25. The van der Waals surface area contributed by atoms with Crippen molar-refractivity contribution in [2.45, 2.75) is 5.75 Å². The highest BCUT2D eigenvalue weighted by Crippen LogP contribution is 2.21. The normalized spacial score (nSPS) is 16.0. The maximum Gasteiger partial charge on any atom is 0.236 e. The third kappa shape index (κ3) is 5.11. The fourth-order valence-corrected chi connectivity index (χ4v) is 4.27. The van der Waals surface area contributed by atoms with Crippen molar-refractivity contribution in [2.24, 2.45) is 0 Å². The van der Waals surface area contributed by atoms with Crippen molar-refractivity contribution in [3.8, 4) is 0 Å². The van der Waals surface area contributed by atoms with Crippen molar-refractivity contribution in [2.75, 3.05) is 42.8 Å². The van der Waals surface area contributed by atoms with Gasteiger partial charge in [0.2, 0.25) is 10.0 Å². The monoisotopic (exact) mass is 379 g/mol. The molecule has 0 radical (unpaired) electrons. The molecule has 1 fully saturated rings. The highest BCUT2D eigenvalue weighted by Gasteiger charge is 2.15. The minimum absolute atomic E-state index is 0.103. The number of piperazine rings is 1. The molecule has 0 atom stereocenters. The van der Waals surface area contributed by atoms with Crippen LogP contribution < -0.4 is 9.62 Å². The van der Waals surface area contributed by atoms with Crippen molar-refractivity contribution >= 4 is 33.0 Å². The summed E-state index contributed by atoms with van der Waals surface area (Å²) in [5, 5.41) is 0.532. The zero-order valence-electron chi connectivity index (χ0n) is 14.2. The number of sulfonamides is 1. The van der Waals surface area contributed by atoms with E-state index in [1.807, 2.05) is 24.3 Å². The second-order valence-electron chi connectivity index (χ2n) is 6.33. The van der Waals surface area contributed by atoms with Gasteiger partial charge in [-0.2, -0.15) is 0 Å². The van der Waals surface area contributed by atoms with Crippen LogP contribution in [0.1, 0.15) is 5.56 Å². The lowest BCUT2D eigenvalue weighted by atomic mass is 10.2. The molecule has 1 heterocycles. The lowest BCUT2D eigenvalue weighted by molar-refractivity contribution is 0.313. The van der Waals surface area contributed by atoms with Gasteiger partial charge in [0, 0.05) is 42.6 Å². The number of nitrogens with zero attached hydrogens (tertiary/aromatic N) is 2. The zero-order valence-corrected chi connectivity index (χ0v) is 15.7. The van der Waals surface area contributed by atoms with Crippen LogP contribution in [0.15, 0.2) is 48.5 Å². The van der Waals surface area contributed by atoms with Gasteiger partial charge in [0.05, 0.1) is 5.75 Å². The Kier molecular flexibility index (Phi) is 5.51. The SMILES string of the molecule is CN1CCN(c2ccc(NS(=O)(=O)Cc3cccc(Cl)c3)cc2)CC1. The Morgan fingerprint density at radius 1 is 1.04 bits per heavy atom. The molecule has 25 heavy (non-hydrogen) atoms. The molecule has 2 aromatic carbocycles. The van der Waals surface area contributed by atoms with Gasteiger partial charge < -0.3 is 9.80 Å². The Morgan fingerprint density at radius 2 is 1.72 bits per heavy atom. The number of likely N-dealkylation sites (N-methyl/N-ethyl adjacent to an activating group) is 1. The van der Waals surface area contributed by atoms with Crippen LogP contribution in [0.3, 0.4) is 0 Å². The van der Waals surface area contributed by atoms with Gasteiger partial charge in [0.1, 0.15) is 0 Å². The van der Waals surface area contributed by atoms with E-state index < -0.39 is 10.0 Å². The molecule has 0 aromatic heterocycles. The molecule has 7 heteroatoms. The largest absolute Gasteiger partial charge is 0.369 e. The van der Waals surface area contributed by atoms with Crippen LogP contribution in [0, 0.1) is 0 Å². The van der Waals surface area contributed by atoms with Gasteiger partial charge in [-0.25, -0.2) is 8.42 Å². The van der Waals surface area contributed by atoms with Gasteiger partial charge in [0.25, 0.3) is 0 Å². The van der Waals surface area contributed by atoms with Gasteiger partial charge in [-0.05, 0) is 49.0 Å². The van der Waals surface area contributed by atoms with Crippen LogP contribution in [-0.2, 0) is 15.8 Å². The molecule has 0 unspecified atom stereocenters. The molecular formula is C18H22ClN3O2S. The molecule has 1 aliphatic rings. The Balaban J connectivity index is 1.64. The summed E-state index contributed by atoms with van der Waals surface area (Å²) in [6.07, 6.45) is 0. The Bertz CT molecular complexity index is 816. The first kappa shape index (κ1) is 18.0. The maximum atomic E-state index is 12.3. The first-order valence-corrected chi connectivity index (χ1v) is 10.2. The Morgan fingerprint density at radius 3 is 2.36 bits per heavy atom. The summed E-state index contributed by atoms with van der Waals surface area (Å²) in [4.78, 5) is 4.61. The van der Waals surface area contributed by atoms with E-state index >= 15 is 0 Å². The number of rotatable bonds is 5. The molecule has 5 nitrogen and oxygen atoms in total. The summed E-state index contributed by atoms with van der Waals surface area (Å²) in [5.74, 6) is -0.103. The molecule has 1 saturated heterocycles. The molecule has 1 N–H and O–H groups in total. The first-order chi connectivity index (χ1) is 11.9. The Hall–Kier alpha value is -1.76. The van der Waals surface area contributed by atoms with Crippen molar-refractivity contribution in [1.29, 1.82) is 0 Å². The molecule has 0 aliphatic carbocycles. The fraction of sp³-hybridized carbons (Fsp3) is 0.333. The lowest BCUT2D eigenvalue weighted by Gasteiger charge is -2.34. The second kappa shape index (κ2) is 7.64. The van der Waals surface area contributed by atoms with Crippen molar-refractivity contribution in [3.05, 3.63) is 59.1 Å².